The van der Waals surface area contributed by atoms with E-state index in [1.807, 2.05) is 6.92 Å². The summed E-state index contributed by atoms with van der Waals surface area (Å²) in [6.07, 6.45) is 0.824. The monoisotopic (exact) mass is 642 g/mol. The minimum absolute atomic E-state index is 0.199. The Kier molecular flexibility index (Phi) is 10.8. The Hall–Kier alpha value is -4.02. The third kappa shape index (κ3) is 7.62. The number of hydrogen-bond donors (Lipinski definition) is 2. The van der Waals surface area contributed by atoms with Crippen LogP contribution in [0.4, 0.5) is 5.82 Å². The minimum atomic E-state index is -4.35. The summed E-state index contributed by atoms with van der Waals surface area (Å²) in [5.41, 5.74) is 5.20. The van der Waals surface area contributed by atoms with E-state index in [0.717, 1.165) is 6.42 Å². The summed E-state index contributed by atoms with van der Waals surface area (Å²) in [4.78, 5) is 29.4. The molecular weight excluding hydrogens is 603 g/mol. The molecule has 0 aliphatic carbocycles. The number of carbonyl (C=O) groups excluding carboxylic acids is 2. The van der Waals surface area contributed by atoms with Gasteiger partial charge in [0.15, 0.2) is 11.4 Å². The fraction of sp³-hybridized carbons (Fsp3) is 0.500. The standard InChI is InChI=1S/C30H39N6O8P/c1-6-7-15-40-29(38)21(5)35-45(39,44-22-11-9-8-10-12-22)41-17-30(16-31)20(4)25(42-28(37)19(2)3)26(43-30)23-13-14-24-27(32)33-18-34-36(23)24/h8-14,18-21,25-26H,6-7,15,17H2,1-5H3,(H,35,39)(H2,32,33,34)/t20-,21-,25+,26-,30+,45?/m0/s1. The van der Waals surface area contributed by atoms with Gasteiger partial charge in [-0.3, -0.25) is 14.1 Å². The zero-order valence-electron chi connectivity index (χ0n) is 25.9. The van der Waals surface area contributed by atoms with E-state index in [2.05, 4.69) is 21.2 Å². The molecule has 3 N–H and O–H groups in total. The van der Waals surface area contributed by atoms with E-state index in [9.17, 15) is 19.4 Å². The normalized spacial score (nSPS) is 23.3. The van der Waals surface area contributed by atoms with Crippen LogP contribution in [0.1, 0.15) is 59.3 Å². The highest BCUT2D eigenvalue weighted by atomic mass is 31.2. The lowest BCUT2D eigenvalue weighted by atomic mass is 9.87. The van der Waals surface area contributed by atoms with Crippen molar-refractivity contribution in [2.75, 3.05) is 18.9 Å². The van der Waals surface area contributed by atoms with Gasteiger partial charge in [-0.25, -0.2) is 14.1 Å². The first kappa shape index (κ1) is 33.9. The zero-order chi connectivity index (χ0) is 32.8. The Labute approximate surface area is 261 Å². The van der Waals surface area contributed by atoms with Crippen molar-refractivity contribution >= 4 is 31.0 Å². The van der Waals surface area contributed by atoms with Crippen molar-refractivity contribution in [1.29, 1.82) is 5.26 Å². The van der Waals surface area contributed by atoms with Gasteiger partial charge in [-0.2, -0.15) is 15.4 Å². The molecule has 0 amide bonds. The highest BCUT2D eigenvalue weighted by molar-refractivity contribution is 7.52. The summed E-state index contributed by atoms with van der Waals surface area (Å²) < 4.78 is 44.8. The van der Waals surface area contributed by atoms with Crippen molar-refractivity contribution in [1.82, 2.24) is 19.7 Å². The van der Waals surface area contributed by atoms with Gasteiger partial charge in [0, 0.05) is 5.92 Å². The number of ether oxygens (including phenoxy) is 3. The van der Waals surface area contributed by atoms with E-state index in [1.54, 1.807) is 63.2 Å². The van der Waals surface area contributed by atoms with Gasteiger partial charge < -0.3 is 24.5 Å². The van der Waals surface area contributed by atoms with Crippen LogP contribution in [0, 0.1) is 23.2 Å². The van der Waals surface area contributed by atoms with Crippen molar-refractivity contribution in [2.24, 2.45) is 11.8 Å². The number of esters is 2. The summed E-state index contributed by atoms with van der Waals surface area (Å²) in [5, 5.41) is 17.4. The van der Waals surface area contributed by atoms with Crippen LogP contribution in [0.25, 0.3) is 5.52 Å². The highest BCUT2D eigenvalue weighted by Crippen LogP contribution is 2.51. The molecule has 3 aromatic rings. The molecule has 14 nitrogen and oxygen atoms in total. The zero-order valence-corrected chi connectivity index (χ0v) is 26.8. The van der Waals surface area contributed by atoms with Crippen LogP contribution in [0.3, 0.4) is 0 Å². The molecule has 4 rings (SSSR count). The average molecular weight is 643 g/mol. The number of nitrogen functional groups attached to an aromatic ring is 1. The molecule has 1 aliphatic rings. The first-order valence-electron chi connectivity index (χ1n) is 14.7. The molecule has 1 fully saturated rings. The number of unbranched alkanes of at least 4 members (excludes halogenated alkanes) is 1. The number of anilines is 1. The molecule has 6 atom stereocenters. The SMILES string of the molecule is CCCCOC(=O)[C@H](C)NP(=O)(OC[C@@]1(C#N)O[C@@H](c2ccc3c(N)ncnn23)[C@H](OC(=O)C(C)C)[C@@H]1C)Oc1ccccc1. The first-order valence-corrected chi connectivity index (χ1v) is 16.3. The molecule has 0 radical (unpaired) electrons. The molecule has 1 aromatic carbocycles. The lowest BCUT2D eigenvalue weighted by Gasteiger charge is -2.29. The number of fused-ring (bicyclic) bond motifs is 1. The third-order valence-corrected chi connectivity index (χ3v) is 9.07. The van der Waals surface area contributed by atoms with Crippen LogP contribution >= 0.6 is 7.75 Å². The molecular formula is C30H39N6O8P. The number of nitrogens with zero attached hydrogens (tertiary/aromatic N) is 4. The van der Waals surface area contributed by atoms with Crippen molar-refractivity contribution in [3.63, 3.8) is 0 Å². The Morgan fingerprint density at radius 2 is 1.93 bits per heavy atom. The van der Waals surface area contributed by atoms with Crippen LogP contribution in [0.15, 0.2) is 48.8 Å². The first-order chi connectivity index (χ1) is 21.4. The maximum atomic E-state index is 14.2. The van der Waals surface area contributed by atoms with E-state index < -0.39 is 62.0 Å². The van der Waals surface area contributed by atoms with Gasteiger partial charge in [0.2, 0.25) is 0 Å². The van der Waals surface area contributed by atoms with Gasteiger partial charge >= 0.3 is 19.7 Å². The average Bonchev–Trinajstić information content (AvgIpc) is 3.56. The van der Waals surface area contributed by atoms with Gasteiger partial charge in [-0.15, -0.1) is 0 Å². The van der Waals surface area contributed by atoms with Crippen LogP contribution in [-0.4, -0.2) is 57.5 Å². The summed E-state index contributed by atoms with van der Waals surface area (Å²) in [7, 11) is -4.35. The molecule has 45 heavy (non-hydrogen) atoms. The van der Waals surface area contributed by atoms with E-state index in [-0.39, 0.29) is 18.2 Å². The van der Waals surface area contributed by atoms with Crippen LogP contribution in [0.2, 0.25) is 0 Å². The molecule has 1 unspecified atom stereocenters. The number of rotatable bonds is 14. The predicted molar refractivity (Wildman–Crippen MR) is 163 cm³/mol. The smallest absolute Gasteiger partial charge is 0.459 e. The van der Waals surface area contributed by atoms with Crippen molar-refractivity contribution in [2.45, 2.75) is 71.3 Å². The van der Waals surface area contributed by atoms with Gasteiger partial charge in [0.05, 0.1) is 18.2 Å². The number of nitrogens with one attached hydrogen (secondary N) is 1. The van der Waals surface area contributed by atoms with E-state index in [1.165, 1.54) is 17.8 Å². The maximum Gasteiger partial charge on any atom is 0.459 e. The van der Waals surface area contributed by atoms with Crippen molar-refractivity contribution in [3.8, 4) is 11.8 Å². The second-order valence-electron chi connectivity index (χ2n) is 11.1. The number of hydrogen-bond acceptors (Lipinski definition) is 12. The molecule has 1 aliphatic heterocycles. The Balaban J connectivity index is 1.65. The Morgan fingerprint density at radius 3 is 2.60 bits per heavy atom. The van der Waals surface area contributed by atoms with Crippen LogP contribution < -0.4 is 15.3 Å². The predicted octanol–water partition coefficient (Wildman–Crippen LogP) is 4.37. The van der Waals surface area contributed by atoms with Gasteiger partial charge in [-0.05, 0) is 37.6 Å². The summed E-state index contributed by atoms with van der Waals surface area (Å²) in [6, 6.07) is 12.7. The fourth-order valence-corrected chi connectivity index (χ4v) is 6.25. The van der Waals surface area contributed by atoms with Gasteiger partial charge in [0.25, 0.3) is 0 Å². The largest absolute Gasteiger partial charge is 0.465 e. The highest BCUT2D eigenvalue weighted by Gasteiger charge is 2.58. The van der Waals surface area contributed by atoms with Crippen molar-refractivity contribution in [3.05, 3.63) is 54.5 Å². The lowest BCUT2D eigenvalue weighted by Crippen LogP contribution is -2.42. The molecule has 1 saturated heterocycles. The minimum Gasteiger partial charge on any atom is -0.465 e. The molecule has 0 spiro atoms. The third-order valence-electron chi connectivity index (χ3n) is 7.44. The van der Waals surface area contributed by atoms with Crippen LogP contribution in [-0.2, 0) is 32.9 Å². The lowest BCUT2D eigenvalue weighted by molar-refractivity contribution is -0.157. The van der Waals surface area contributed by atoms with Gasteiger partial charge in [-0.1, -0.05) is 52.3 Å². The quantitative estimate of drug-likeness (QED) is 0.143. The number of carbonyl (C=O) groups is 2. The van der Waals surface area contributed by atoms with Crippen molar-refractivity contribution < 1.29 is 37.4 Å². The molecule has 15 heteroatoms. The van der Waals surface area contributed by atoms with E-state index in [4.69, 9.17) is 29.0 Å². The molecule has 3 heterocycles. The maximum absolute atomic E-state index is 14.2. The molecule has 242 valence electrons. The van der Waals surface area contributed by atoms with Crippen LogP contribution in [0.5, 0.6) is 5.75 Å². The summed E-state index contributed by atoms with van der Waals surface area (Å²) in [5.74, 6) is -1.98. The Bertz CT molecular complexity index is 1580. The van der Waals surface area contributed by atoms with E-state index in [0.29, 0.717) is 17.6 Å². The molecule has 0 saturated carbocycles. The van der Waals surface area contributed by atoms with E-state index >= 15 is 0 Å². The van der Waals surface area contributed by atoms with Gasteiger partial charge in [0.1, 0.15) is 48.5 Å². The summed E-state index contributed by atoms with van der Waals surface area (Å²) >= 11 is 0. The number of aromatic nitrogens is 3. The molecule has 2 aromatic heterocycles. The number of nitriles is 1. The number of nitrogens with two attached hydrogens (primary N) is 1. The second kappa shape index (κ2) is 14.4. The second-order valence-corrected chi connectivity index (χ2v) is 12.8. The molecule has 0 bridgehead atoms. The summed E-state index contributed by atoms with van der Waals surface area (Å²) in [6.45, 7) is 8.12. The fourth-order valence-electron chi connectivity index (χ4n) is 4.73. The Morgan fingerprint density at radius 1 is 1.20 bits per heavy atom. The topological polar surface area (TPSA) is 189 Å². The number of benzene rings is 1. The number of para-hydroxylation sites is 1.